The Labute approximate surface area is 151 Å². The number of ether oxygens (including phenoxy) is 2. The van der Waals surface area contributed by atoms with Crippen molar-refractivity contribution in [1.82, 2.24) is 0 Å². The normalized spacial score (nSPS) is 47.4. The first-order valence-corrected chi connectivity index (χ1v) is 9.58. The summed E-state index contributed by atoms with van der Waals surface area (Å²) in [5.41, 5.74) is -0.450. The van der Waals surface area contributed by atoms with Crippen molar-refractivity contribution in [2.24, 2.45) is 28.6 Å². The fraction of sp³-hybridized carbons (Fsp3) is 0.700. The second-order valence-corrected chi connectivity index (χ2v) is 8.60. The Bertz CT molecular complexity index is 741. The molecular weight excluding hydrogens is 336 g/mol. The highest BCUT2D eigenvalue weighted by molar-refractivity contribution is 5.82. The SMILES string of the molecule is C[C@H]1C[C@H](O)[C@@]23COC(=O)[C@@H]2CCC[C@@H]3[C@@]12C[C@H](c1ccoc1)OC2=O. The third-order valence-corrected chi connectivity index (χ3v) is 7.80. The Morgan fingerprint density at radius 2 is 2.12 bits per heavy atom. The van der Waals surface area contributed by atoms with Crippen LogP contribution in [0.3, 0.4) is 0 Å². The number of aliphatic hydroxyl groups excluding tert-OH is 1. The van der Waals surface area contributed by atoms with Gasteiger partial charge >= 0.3 is 11.9 Å². The molecule has 6 heteroatoms. The summed E-state index contributed by atoms with van der Waals surface area (Å²) >= 11 is 0. The van der Waals surface area contributed by atoms with E-state index in [-0.39, 0.29) is 42.4 Å². The quantitative estimate of drug-likeness (QED) is 0.775. The molecule has 26 heavy (non-hydrogen) atoms. The van der Waals surface area contributed by atoms with Crippen molar-refractivity contribution in [3.63, 3.8) is 0 Å². The lowest BCUT2D eigenvalue weighted by atomic mass is 9.43. The highest BCUT2D eigenvalue weighted by Gasteiger charge is 2.72. The summed E-state index contributed by atoms with van der Waals surface area (Å²) in [5, 5.41) is 11.0. The van der Waals surface area contributed by atoms with Gasteiger partial charge in [-0.2, -0.15) is 0 Å². The van der Waals surface area contributed by atoms with Crippen molar-refractivity contribution >= 4 is 11.9 Å². The first kappa shape index (κ1) is 16.4. The molecule has 140 valence electrons. The number of esters is 2. The van der Waals surface area contributed by atoms with Crippen LogP contribution in [0.15, 0.2) is 23.0 Å². The highest BCUT2D eigenvalue weighted by atomic mass is 16.6. The van der Waals surface area contributed by atoms with Crippen LogP contribution in [0.25, 0.3) is 0 Å². The molecule has 0 amide bonds. The molecule has 4 aliphatic rings. The molecule has 1 N–H and O–H groups in total. The standard InChI is InChI=1S/C20H24O6/c1-11-7-16(21)20-10-25-17(22)13(20)3-2-4-15(20)19(11)8-14(26-18(19)23)12-5-6-24-9-12/h5-6,9,11,13-16,21H,2-4,7-8,10H2,1H3/t11-,13-,14+,15+,16-,19+,20-/m0/s1. The Kier molecular flexibility index (Phi) is 3.36. The maximum absolute atomic E-state index is 13.2. The first-order chi connectivity index (χ1) is 12.5. The average molecular weight is 360 g/mol. The molecule has 6 nitrogen and oxygen atoms in total. The minimum absolute atomic E-state index is 0.00743. The maximum Gasteiger partial charge on any atom is 0.313 e. The fourth-order valence-electron chi connectivity index (χ4n) is 6.55. The summed E-state index contributed by atoms with van der Waals surface area (Å²) in [7, 11) is 0. The number of cyclic esters (lactones) is 2. The summed E-state index contributed by atoms with van der Waals surface area (Å²) in [6, 6.07) is 1.83. The molecule has 2 saturated carbocycles. The summed E-state index contributed by atoms with van der Waals surface area (Å²) in [6.07, 6.45) is 5.77. The molecule has 0 bridgehead atoms. The third kappa shape index (κ3) is 1.81. The lowest BCUT2D eigenvalue weighted by Gasteiger charge is -2.58. The Morgan fingerprint density at radius 3 is 2.88 bits per heavy atom. The maximum atomic E-state index is 13.2. The van der Waals surface area contributed by atoms with Crippen LogP contribution in [0, 0.1) is 28.6 Å². The van der Waals surface area contributed by atoms with Crippen LogP contribution in [0.5, 0.6) is 0 Å². The van der Waals surface area contributed by atoms with E-state index in [0.717, 1.165) is 24.8 Å². The fourth-order valence-corrected chi connectivity index (χ4v) is 6.55. The van der Waals surface area contributed by atoms with E-state index in [1.807, 2.05) is 13.0 Å². The molecule has 4 fully saturated rings. The summed E-state index contributed by atoms with van der Waals surface area (Å²) in [5.74, 6) is -0.805. The second kappa shape index (κ2) is 5.35. The first-order valence-electron chi connectivity index (χ1n) is 9.58. The van der Waals surface area contributed by atoms with Gasteiger partial charge in [-0.05, 0) is 37.2 Å². The van der Waals surface area contributed by atoms with Gasteiger partial charge in [0.1, 0.15) is 12.7 Å². The molecule has 2 aliphatic heterocycles. The van der Waals surface area contributed by atoms with E-state index in [1.165, 1.54) is 0 Å². The highest BCUT2D eigenvalue weighted by Crippen LogP contribution is 2.68. The summed E-state index contributed by atoms with van der Waals surface area (Å²) in [4.78, 5) is 25.6. The van der Waals surface area contributed by atoms with Gasteiger partial charge in [-0.1, -0.05) is 13.3 Å². The van der Waals surface area contributed by atoms with E-state index in [9.17, 15) is 14.7 Å². The number of carbonyl (C=O) groups is 2. The van der Waals surface area contributed by atoms with Crippen LogP contribution in [-0.2, 0) is 19.1 Å². The lowest BCUT2D eigenvalue weighted by Crippen LogP contribution is -2.63. The van der Waals surface area contributed by atoms with Crippen LogP contribution in [0.1, 0.15) is 50.7 Å². The molecule has 2 saturated heterocycles. The number of furan rings is 1. The zero-order valence-corrected chi connectivity index (χ0v) is 14.8. The molecule has 1 aromatic rings. The lowest BCUT2D eigenvalue weighted by molar-refractivity contribution is -0.191. The topological polar surface area (TPSA) is 86.0 Å². The van der Waals surface area contributed by atoms with E-state index in [0.29, 0.717) is 12.8 Å². The number of hydrogen-bond donors (Lipinski definition) is 1. The number of fused-ring (bicyclic) bond motifs is 1. The van der Waals surface area contributed by atoms with E-state index >= 15 is 0 Å². The molecule has 2 aliphatic carbocycles. The van der Waals surface area contributed by atoms with Gasteiger partial charge in [0.25, 0.3) is 0 Å². The molecular formula is C20H24O6. The molecule has 0 unspecified atom stereocenters. The number of aliphatic hydroxyl groups is 1. The Morgan fingerprint density at radius 1 is 1.27 bits per heavy atom. The number of rotatable bonds is 1. The third-order valence-electron chi connectivity index (χ3n) is 7.80. The molecule has 0 aromatic carbocycles. The van der Waals surface area contributed by atoms with Gasteiger partial charge in [0, 0.05) is 17.4 Å². The number of hydrogen-bond acceptors (Lipinski definition) is 6. The van der Waals surface area contributed by atoms with Gasteiger partial charge in [0.2, 0.25) is 0 Å². The van der Waals surface area contributed by atoms with Crippen molar-refractivity contribution in [3.8, 4) is 0 Å². The minimum atomic E-state index is -0.673. The number of carbonyl (C=O) groups excluding carboxylic acids is 2. The molecule has 1 aromatic heterocycles. The van der Waals surface area contributed by atoms with Crippen LogP contribution in [0.4, 0.5) is 0 Å². The van der Waals surface area contributed by atoms with Crippen molar-refractivity contribution in [3.05, 3.63) is 24.2 Å². The predicted molar refractivity (Wildman–Crippen MR) is 88.6 cm³/mol. The largest absolute Gasteiger partial charge is 0.472 e. The van der Waals surface area contributed by atoms with E-state index < -0.39 is 16.9 Å². The summed E-state index contributed by atoms with van der Waals surface area (Å²) in [6.45, 7) is 2.26. The van der Waals surface area contributed by atoms with Gasteiger partial charge in [-0.25, -0.2) is 0 Å². The molecule has 5 rings (SSSR count). The zero-order valence-electron chi connectivity index (χ0n) is 14.8. The van der Waals surface area contributed by atoms with Crippen LogP contribution in [0.2, 0.25) is 0 Å². The summed E-state index contributed by atoms with van der Waals surface area (Å²) < 4.78 is 16.4. The molecule has 7 atom stereocenters. The van der Waals surface area contributed by atoms with E-state index in [2.05, 4.69) is 0 Å². The predicted octanol–water partition coefficient (Wildman–Crippen LogP) is 2.61. The van der Waals surface area contributed by atoms with Gasteiger partial charge < -0.3 is 19.0 Å². The van der Waals surface area contributed by atoms with Crippen LogP contribution >= 0.6 is 0 Å². The van der Waals surface area contributed by atoms with Gasteiger partial charge in [0.15, 0.2) is 0 Å². The van der Waals surface area contributed by atoms with E-state index in [1.54, 1.807) is 12.5 Å². The van der Waals surface area contributed by atoms with E-state index in [4.69, 9.17) is 13.9 Å². The van der Waals surface area contributed by atoms with Crippen molar-refractivity contribution in [2.75, 3.05) is 6.61 Å². The van der Waals surface area contributed by atoms with Gasteiger partial charge in [-0.15, -0.1) is 0 Å². The second-order valence-electron chi connectivity index (χ2n) is 8.60. The van der Waals surface area contributed by atoms with Crippen LogP contribution in [-0.4, -0.2) is 29.8 Å². The Hall–Kier alpha value is -1.82. The average Bonchev–Trinajstić information content (AvgIpc) is 3.33. The molecule has 2 spiro atoms. The minimum Gasteiger partial charge on any atom is -0.472 e. The van der Waals surface area contributed by atoms with Gasteiger partial charge in [-0.3, -0.25) is 9.59 Å². The monoisotopic (exact) mass is 360 g/mol. The van der Waals surface area contributed by atoms with Gasteiger partial charge in [0.05, 0.1) is 30.0 Å². The smallest absolute Gasteiger partial charge is 0.313 e. The van der Waals surface area contributed by atoms with Crippen LogP contribution < -0.4 is 0 Å². The van der Waals surface area contributed by atoms with Crippen molar-refractivity contribution in [2.45, 2.75) is 51.2 Å². The zero-order chi connectivity index (χ0) is 18.1. The molecule has 0 radical (unpaired) electrons. The Balaban J connectivity index is 1.60. The van der Waals surface area contributed by atoms with Crippen molar-refractivity contribution < 1.29 is 28.6 Å². The molecule has 3 heterocycles. The van der Waals surface area contributed by atoms with Crippen molar-refractivity contribution in [1.29, 1.82) is 0 Å².